The molecule has 1 saturated carbocycles. The third-order valence-corrected chi connectivity index (χ3v) is 3.48. The highest BCUT2D eigenvalue weighted by molar-refractivity contribution is 5.90. The molecular weight excluding hydrogens is 289 g/mol. The van der Waals surface area contributed by atoms with Gasteiger partial charge < -0.3 is 14.6 Å². The zero-order chi connectivity index (χ0) is 15.7. The van der Waals surface area contributed by atoms with Crippen LogP contribution in [0.4, 0.5) is 4.39 Å². The van der Waals surface area contributed by atoms with E-state index < -0.39 is 11.8 Å². The average Bonchev–Trinajstić information content (AvgIpc) is 3.34. The van der Waals surface area contributed by atoms with Gasteiger partial charge in [-0.3, -0.25) is 0 Å². The Morgan fingerprint density at radius 2 is 2.09 bits per heavy atom. The number of pyridine rings is 1. The quantitative estimate of drug-likeness (QED) is 0.914. The minimum Gasteiger partial charge on any atom is -0.493 e. The summed E-state index contributed by atoms with van der Waals surface area (Å²) in [4.78, 5) is 15.5. The lowest BCUT2D eigenvalue weighted by Crippen LogP contribution is -2.04. The van der Waals surface area contributed by atoms with Crippen LogP contribution in [0.3, 0.4) is 0 Å². The minimum atomic E-state index is -1.12. The SMILES string of the molecule is COc1cc(F)ccc1Oc1ncc(C2CC2)cc1C(=O)O. The summed E-state index contributed by atoms with van der Waals surface area (Å²) < 4.78 is 23.7. The fourth-order valence-electron chi connectivity index (χ4n) is 2.17. The highest BCUT2D eigenvalue weighted by Crippen LogP contribution is 2.41. The molecule has 0 radical (unpaired) electrons. The van der Waals surface area contributed by atoms with E-state index in [1.54, 1.807) is 12.3 Å². The van der Waals surface area contributed by atoms with Crippen molar-refractivity contribution in [2.24, 2.45) is 0 Å². The molecule has 6 heteroatoms. The summed E-state index contributed by atoms with van der Waals surface area (Å²) in [6.07, 6.45) is 3.72. The van der Waals surface area contributed by atoms with E-state index in [1.165, 1.54) is 19.2 Å². The molecule has 2 aromatic rings. The third-order valence-electron chi connectivity index (χ3n) is 3.48. The van der Waals surface area contributed by atoms with Crippen molar-refractivity contribution < 1.29 is 23.8 Å². The number of rotatable bonds is 5. The summed E-state index contributed by atoms with van der Waals surface area (Å²) in [5.41, 5.74) is 0.881. The van der Waals surface area contributed by atoms with Crippen molar-refractivity contribution in [2.75, 3.05) is 7.11 Å². The van der Waals surface area contributed by atoms with Gasteiger partial charge in [0, 0.05) is 12.3 Å². The first-order valence-corrected chi connectivity index (χ1v) is 6.83. The summed E-state index contributed by atoms with van der Waals surface area (Å²) in [6.45, 7) is 0. The molecular formula is C16H14FNO4. The van der Waals surface area contributed by atoms with E-state index in [-0.39, 0.29) is 22.9 Å². The smallest absolute Gasteiger partial charge is 0.341 e. The zero-order valence-electron chi connectivity index (χ0n) is 11.9. The fourth-order valence-corrected chi connectivity index (χ4v) is 2.17. The maximum Gasteiger partial charge on any atom is 0.341 e. The van der Waals surface area contributed by atoms with Gasteiger partial charge in [0.25, 0.3) is 0 Å². The maximum absolute atomic E-state index is 13.2. The molecule has 1 aromatic heterocycles. The molecule has 1 aliphatic carbocycles. The van der Waals surface area contributed by atoms with Crippen LogP contribution in [0.1, 0.15) is 34.7 Å². The minimum absolute atomic E-state index is 0.0178. The topological polar surface area (TPSA) is 68.7 Å². The second-order valence-corrected chi connectivity index (χ2v) is 5.10. The molecule has 1 fully saturated rings. The van der Waals surface area contributed by atoms with Crippen LogP contribution < -0.4 is 9.47 Å². The Bertz CT molecular complexity index is 728. The number of halogens is 1. The summed E-state index contributed by atoms with van der Waals surface area (Å²) in [5.74, 6) is -0.866. The number of aromatic carboxylic acids is 1. The van der Waals surface area contributed by atoms with Gasteiger partial charge >= 0.3 is 5.97 Å². The molecule has 114 valence electrons. The van der Waals surface area contributed by atoms with Crippen molar-refractivity contribution >= 4 is 5.97 Å². The standard InChI is InChI=1S/C16H14FNO4/c1-21-14-7-11(17)4-5-13(14)22-15-12(16(19)20)6-10(8-18-15)9-2-3-9/h4-9H,2-3H2,1H3,(H,19,20). The van der Waals surface area contributed by atoms with Crippen LogP contribution >= 0.6 is 0 Å². The Morgan fingerprint density at radius 3 is 2.73 bits per heavy atom. The van der Waals surface area contributed by atoms with Crippen LogP contribution in [0.2, 0.25) is 0 Å². The highest BCUT2D eigenvalue weighted by atomic mass is 19.1. The van der Waals surface area contributed by atoms with Crippen LogP contribution in [0.15, 0.2) is 30.5 Å². The van der Waals surface area contributed by atoms with Gasteiger partial charge in [0.05, 0.1) is 7.11 Å². The first kappa shape index (κ1) is 14.3. The summed E-state index contributed by atoms with van der Waals surface area (Å²) in [5, 5.41) is 9.33. The van der Waals surface area contributed by atoms with Crippen molar-refractivity contribution in [1.29, 1.82) is 0 Å². The molecule has 22 heavy (non-hydrogen) atoms. The summed E-state index contributed by atoms with van der Waals surface area (Å²) in [6, 6.07) is 5.32. The Kier molecular flexibility index (Phi) is 3.66. The molecule has 0 amide bonds. The second-order valence-electron chi connectivity index (χ2n) is 5.10. The molecule has 0 aliphatic heterocycles. The molecule has 3 rings (SSSR count). The lowest BCUT2D eigenvalue weighted by molar-refractivity contribution is 0.0693. The second kappa shape index (κ2) is 5.63. The molecule has 1 aromatic carbocycles. The Labute approximate surface area is 126 Å². The molecule has 1 heterocycles. The lowest BCUT2D eigenvalue weighted by Gasteiger charge is -2.12. The number of benzene rings is 1. The Morgan fingerprint density at radius 1 is 1.32 bits per heavy atom. The normalized spacial score (nSPS) is 13.7. The van der Waals surface area contributed by atoms with Gasteiger partial charge in [-0.1, -0.05) is 0 Å². The third kappa shape index (κ3) is 2.86. The molecule has 1 aliphatic rings. The van der Waals surface area contributed by atoms with Crippen LogP contribution in [0.25, 0.3) is 0 Å². The molecule has 0 spiro atoms. The fraction of sp³-hybridized carbons (Fsp3) is 0.250. The largest absolute Gasteiger partial charge is 0.493 e. The van der Waals surface area contributed by atoms with Crippen LogP contribution in [0.5, 0.6) is 17.4 Å². The molecule has 0 saturated heterocycles. The summed E-state index contributed by atoms with van der Waals surface area (Å²) >= 11 is 0. The molecule has 5 nitrogen and oxygen atoms in total. The monoisotopic (exact) mass is 303 g/mol. The van der Waals surface area contributed by atoms with Crippen molar-refractivity contribution in [2.45, 2.75) is 18.8 Å². The van der Waals surface area contributed by atoms with E-state index in [4.69, 9.17) is 9.47 Å². The average molecular weight is 303 g/mol. The van der Waals surface area contributed by atoms with Crippen LogP contribution in [0, 0.1) is 5.82 Å². The van der Waals surface area contributed by atoms with Crippen molar-refractivity contribution in [3.63, 3.8) is 0 Å². The molecule has 0 atom stereocenters. The van der Waals surface area contributed by atoms with E-state index in [0.717, 1.165) is 24.5 Å². The van der Waals surface area contributed by atoms with Crippen molar-refractivity contribution in [1.82, 2.24) is 4.98 Å². The Hall–Kier alpha value is -2.63. The van der Waals surface area contributed by atoms with E-state index >= 15 is 0 Å². The number of carboxylic acid groups (broad SMARTS) is 1. The van der Waals surface area contributed by atoms with Gasteiger partial charge in [-0.2, -0.15) is 0 Å². The van der Waals surface area contributed by atoms with Crippen molar-refractivity contribution in [3.05, 3.63) is 47.4 Å². The predicted octanol–water partition coefficient (Wildman–Crippen LogP) is 3.60. The number of ether oxygens (including phenoxy) is 2. The first-order chi connectivity index (χ1) is 10.6. The number of hydrogen-bond acceptors (Lipinski definition) is 4. The number of carboxylic acids is 1. The Balaban J connectivity index is 1.96. The van der Waals surface area contributed by atoms with Gasteiger partial charge in [0.15, 0.2) is 11.5 Å². The van der Waals surface area contributed by atoms with Crippen LogP contribution in [-0.4, -0.2) is 23.2 Å². The number of hydrogen-bond donors (Lipinski definition) is 1. The molecule has 0 bridgehead atoms. The van der Waals surface area contributed by atoms with Crippen LogP contribution in [-0.2, 0) is 0 Å². The number of nitrogens with zero attached hydrogens (tertiary/aromatic N) is 1. The van der Waals surface area contributed by atoms with Gasteiger partial charge in [0.1, 0.15) is 11.4 Å². The number of aromatic nitrogens is 1. The number of methoxy groups -OCH3 is 1. The molecule has 1 N–H and O–H groups in total. The van der Waals surface area contributed by atoms with Gasteiger partial charge in [-0.25, -0.2) is 14.2 Å². The predicted molar refractivity (Wildman–Crippen MR) is 76.2 cm³/mol. The lowest BCUT2D eigenvalue weighted by atomic mass is 10.1. The molecule has 0 unspecified atom stereocenters. The van der Waals surface area contributed by atoms with Crippen molar-refractivity contribution in [3.8, 4) is 17.4 Å². The van der Waals surface area contributed by atoms with Gasteiger partial charge in [-0.05, 0) is 42.5 Å². The van der Waals surface area contributed by atoms with Gasteiger partial charge in [0.2, 0.25) is 5.88 Å². The van der Waals surface area contributed by atoms with E-state index in [2.05, 4.69) is 4.98 Å². The number of carbonyl (C=O) groups is 1. The maximum atomic E-state index is 13.2. The zero-order valence-corrected chi connectivity index (χ0v) is 11.9. The summed E-state index contributed by atoms with van der Waals surface area (Å²) in [7, 11) is 1.38. The van der Waals surface area contributed by atoms with Gasteiger partial charge in [-0.15, -0.1) is 0 Å². The van der Waals surface area contributed by atoms with E-state index in [0.29, 0.717) is 5.92 Å². The van der Waals surface area contributed by atoms with E-state index in [9.17, 15) is 14.3 Å². The first-order valence-electron chi connectivity index (χ1n) is 6.83. The highest BCUT2D eigenvalue weighted by Gasteiger charge is 2.26. The van der Waals surface area contributed by atoms with E-state index in [1.807, 2.05) is 0 Å².